The average Bonchev–Trinajstić information content (AvgIpc) is 3.24. The molecule has 0 unspecified atom stereocenters. The van der Waals surface area contributed by atoms with Crippen LogP contribution in [0.3, 0.4) is 0 Å². The van der Waals surface area contributed by atoms with Crippen LogP contribution in [0.2, 0.25) is 0 Å². The molecule has 146 valence electrons. The van der Waals surface area contributed by atoms with Crippen molar-refractivity contribution in [2.24, 2.45) is 5.10 Å². The zero-order valence-corrected chi connectivity index (χ0v) is 16.4. The maximum absolute atomic E-state index is 6.40. The van der Waals surface area contributed by atoms with Gasteiger partial charge in [0.2, 0.25) is 6.23 Å². The van der Waals surface area contributed by atoms with E-state index in [1.807, 2.05) is 42.5 Å². The summed E-state index contributed by atoms with van der Waals surface area (Å²) >= 11 is 0. The van der Waals surface area contributed by atoms with E-state index in [2.05, 4.69) is 35.3 Å². The predicted molar refractivity (Wildman–Crippen MR) is 112 cm³/mol. The SMILES string of the molecule is COc1ccc(C2=NN3[C@@H](c4ccccc4)Oc4ccc(OC)cc4[C@@H]3C2)cc1. The first-order chi connectivity index (χ1) is 14.3. The van der Waals surface area contributed by atoms with Gasteiger partial charge in [-0.2, -0.15) is 5.10 Å². The molecule has 0 saturated carbocycles. The van der Waals surface area contributed by atoms with Crippen LogP contribution in [-0.2, 0) is 0 Å². The summed E-state index contributed by atoms with van der Waals surface area (Å²) in [7, 11) is 3.36. The van der Waals surface area contributed by atoms with Crippen molar-refractivity contribution >= 4 is 5.71 Å². The second-order valence-corrected chi connectivity index (χ2v) is 7.16. The van der Waals surface area contributed by atoms with Crippen molar-refractivity contribution in [2.45, 2.75) is 18.7 Å². The second kappa shape index (κ2) is 7.17. The molecule has 0 aromatic heterocycles. The Balaban J connectivity index is 1.57. The van der Waals surface area contributed by atoms with Crippen molar-refractivity contribution in [3.63, 3.8) is 0 Å². The predicted octanol–water partition coefficient (Wildman–Crippen LogP) is 4.95. The number of hydrazone groups is 1. The molecule has 0 bridgehead atoms. The molecule has 0 saturated heterocycles. The van der Waals surface area contributed by atoms with Crippen molar-refractivity contribution in [3.8, 4) is 17.2 Å². The molecule has 3 aromatic rings. The van der Waals surface area contributed by atoms with Crippen LogP contribution in [-0.4, -0.2) is 24.9 Å². The molecule has 2 aliphatic rings. The van der Waals surface area contributed by atoms with Crippen molar-refractivity contribution in [1.29, 1.82) is 0 Å². The monoisotopic (exact) mass is 386 g/mol. The number of nitrogens with zero attached hydrogens (tertiary/aromatic N) is 2. The fourth-order valence-corrected chi connectivity index (χ4v) is 3.99. The standard InChI is InChI=1S/C24H22N2O3/c1-27-18-10-8-16(9-11-18)21-15-22-20-14-19(28-2)12-13-23(20)29-24(26(22)25-21)17-6-4-3-5-7-17/h3-14,22,24H,15H2,1-2H3/t22-,24+/m0/s1. The smallest absolute Gasteiger partial charge is 0.213 e. The lowest BCUT2D eigenvalue weighted by Gasteiger charge is -2.38. The van der Waals surface area contributed by atoms with Gasteiger partial charge >= 0.3 is 0 Å². The highest BCUT2D eigenvalue weighted by Crippen LogP contribution is 2.48. The molecule has 2 aliphatic heterocycles. The Kier molecular flexibility index (Phi) is 4.35. The number of methoxy groups -OCH3 is 2. The molecule has 2 atom stereocenters. The fourth-order valence-electron chi connectivity index (χ4n) is 3.99. The minimum atomic E-state index is -0.266. The Bertz CT molecular complexity index is 1050. The Morgan fingerprint density at radius 2 is 1.62 bits per heavy atom. The van der Waals surface area contributed by atoms with E-state index < -0.39 is 0 Å². The van der Waals surface area contributed by atoms with Crippen molar-refractivity contribution in [3.05, 3.63) is 89.5 Å². The summed E-state index contributed by atoms with van der Waals surface area (Å²) in [6, 6.07) is 24.4. The molecule has 2 heterocycles. The van der Waals surface area contributed by atoms with Crippen LogP contribution < -0.4 is 14.2 Å². The summed E-state index contributed by atoms with van der Waals surface area (Å²) in [5, 5.41) is 7.07. The maximum atomic E-state index is 6.40. The molecule has 3 aromatic carbocycles. The third-order valence-corrected chi connectivity index (χ3v) is 5.50. The van der Waals surface area contributed by atoms with Gasteiger partial charge in [0, 0.05) is 17.5 Å². The van der Waals surface area contributed by atoms with Crippen LogP contribution in [0.1, 0.15) is 35.4 Å². The minimum Gasteiger partial charge on any atom is -0.497 e. The van der Waals surface area contributed by atoms with Gasteiger partial charge in [-0.3, -0.25) is 0 Å². The van der Waals surface area contributed by atoms with Crippen molar-refractivity contribution in [1.82, 2.24) is 5.01 Å². The van der Waals surface area contributed by atoms with E-state index in [9.17, 15) is 0 Å². The van der Waals surface area contributed by atoms with E-state index >= 15 is 0 Å². The third kappa shape index (κ3) is 3.09. The van der Waals surface area contributed by atoms with Gasteiger partial charge in [0.25, 0.3) is 0 Å². The summed E-state index contributed by atoms with van der Waals surface area (Å²) in [6.07, 6.45) is 0.539. The molecule has 0 fully saturated rings. The van der Waals surface area contributed by atoms with Gasteiger partial charge in [-0.05, 0) is 48.0 Å². The average molecular weight is 386 g/mol. The first-order valence-electron chi connectivity index (χ1n) is 9.66. The molecule has 0 amide bonds. The van der Waals surface area contributed by atoms with Gasteiger partial charge in [-0.1, -0.05) is 30.3 Å². The minimum absolute atomic E-state index is 0.0937. The molecule has 5 rings (SSSR count). The van der Waals surface area contributed by atoms with Crippen molar-refractivity contribution in [2.75, 3.05) is 14.2 Å². The summed E-state index contributed by atoms with van der Waals surface area (Å²) in [4.78, 5) is 0. The summed E-state index contributed by atoms with van der Waals surface area (Å²) < 4.78 is 17.1. The number of benzene rings is 3. The van der Waals surface area contributed by atoms with Crippen LogP contribution >= 0.6 is 0 Å². The van der Waals surface area contributed by atoms with Gasteiger partial charge in [-0.15, -0.1) is 0 Å². The number of fused-ring (bicyclic) bond motifs is 3. The Morgan fingerprint density at radius 3 is 2.34 bits per heavy atom. The molecular weight excluding hydrogens is 364 g/mol. The Labute approximate surface area is 170 Å². The van der Waals surface area contributed by atoms with Crippen LogP contribution in [0, 0.1) is 0 Å². The van der Waals surface area contributed by atoms with Crippen molar-refractivity contribution < 1.29 is 14.2 Å². The molecule has 5 heteroatoms. The topological polar surface area (TPSA) is 43.3 Å². The second-order valence-electron chi connectivity index (χ2n) is 7.16. The Morgan fingerprint density at radius 1 is 0.897 bits per heavy atom. The van der Waals surface area contributed by atoms with Gasteiger partial charge in [0.1, 0.15) is 17.2 Å². The van der Waals surface area contributed by atoms with E-state index in [1.54, 1.807) is 14.2 Å². The van der Waals surface area contributed by atoms with Gasteiger partial charge in [0.05, 0.1) is 26.0 Å². The van der Waals surface area contributed by atoms with Crippen LogP contribution in [0.5, 0.6) is 17.2 Å². The summed E-state index contributed by atoms with van der Waals surface area (Å²) in [6.45, 7) is 0. The highest BCUT2D eigenvalue weighted by Gasteiger charge is 2.41. The summed E-state index contributed by atoms with van der Waals surface area (Å²) in [5.74, 6) is 2.54. The van der Waals surface area contributed by atoms with E-state index in [0.29, 0.717) is 0 Å². The van der Waals surface area contributed by atoms with Gasteiger partial charge < -0.3 is 14.2 Å². The Hall–Kier alpha value is -3.47. The first-order valence-corrected chi connectivity index (χ1v) is 9.66. The van der Waals surface area contributed by atoms with Crippen LogP contribution in [0.25, 0.3) is 0 Å². The zero-order chi connectivity index (χ0) is 19.8. The lowest BCUT2D eigenvalue weighted by Crippen LogP contribution is -2.33. The number of ether oxygens (including phenoxy) is 3. The fraction of sp³-hybridized carbons (Fsp3) is 0.208. The number of hydrogen-bond acceptors (Lipinski definition) is 5. The number of rotatable bonds is 4. The molecule has 0 spiro atoms. The zero-order valence-electron chi connectivity index (χ0n) is 16.4. The lowest BCUT2D eigenvalue weighted by molar-refractivity contribution is -0.0191. The molecule has 5 nitrogen and oxygen atoms in total. The largest absolute Gasteiger partial charge is 0.497 e. The van der Waals surface area contributed by atoms with Gasteiger partial charge in [0.15, 0.2) is 0 Å². The highest BCUT2D eigenvalue weighted by molar-refractivity contribution is 6.02. The molecule has 0 aliphatic carbocycles. The first kappa shape index (κ1) is 17.6. The molecule has 29 heavy (non-hydrogen) atoms. The number of hydrogen-bond donors (Lipinski definition) is 0. The third-order valence-electron chi connectivity index (χ3n) is 5.50. The molecular formula is C24H22N2O3. The summed E-state index contributed by atoms with van der Waals surface area (Å²) in [5.41, 5.74) is 4.32. The van der Waals surface area contributed by atoms with E-state index in [1.165, 1.54) is 0 Å². The quantitative estimate of drug-likeness (QED) is 0.637. The van der Waals surface area contributed by atoms with Crippen LogP contribution in [0.4, 0.5) is 0 Å². The molecule has 0 radical (unpaired) electrons. The van der Waals surface area contributed by atoms with Crippen LogP contribution in [0.15, 0.2) is 77.9 Å². The van der Waals surface area contributed by atoms with E-state index in [0.717, 1.165) is 46.1 Å². The maximum Gasteiger partial charge on any atom is 0.213 e. The molecule has 0 N–H and O–H groups in total. The van der Waals surface area contributed by atoms with Gasteiger partial charge in [-0.25, -0.2) is 5.01 Å². The highest BCUT2D eigenvalue weighted by atomic mass is 16.5. The van der Waals surface area contributed by atoms with E-state index in [-0.39, 0.29) is 12.3 Å². The van der Waals surface area contributed by atoms with E-state index in [4.69, 9.17) is 19.3 Å². The normalized spacial score (nSPS) is 19.7. The lowest BCUT2D eigenvalue weighted by atomic mass is 9.95.